The second-order valence-electron chi connectivity index (χ2n) is 5.66. The highest BCUT2D eigenvalue weighted by molar-refractivity contribution is 5.55. The summed E-state index contributed by atoms with van der Waals surface area (Å²) >= 11 is 0. The van der Waals surface area contributed by atoms with Gasteiger partial charge in [0.1, 0.15) is 5.75 Å². The van der Waals surface area contributed by atoms with Crippen molar-refractivity contribution in [2.24, 2.45) is 0 Å². The summed E-state index contributed by atoms with van der Waals surface area (Å²) in [6.07, 6.45) is 12.9. The van der Waals surface area contributed by atoms with Crippen molar-refractivity contribution in [1.82, 2.24) is 9.97 Å². The van der Waals surface area contributed by atoms with Crippen LogP contribution in [0.5, 0.6) is 5.75 Å². The van der Waals surface area contributed by atoms with Gasteiger partial charge in [0, 0.05) is 18.0 Å². The van der Waals surface area contributed by atoms with E-state index in [9.17, 15) is 0 Å². The Morgan fingerprint density at radius 2 is 1.50 bits per heavy atom. The lowest BCUT2D eigenvalue weighted by molar-refractivity contribution is 0.415. The Morgan fingerprint density at radius 1 is 0.864 bits per heavy atom. The molecular weight excluding hydrogens is 272 g/mol. The van der Waals surface area contributed by atoms with E-state index in [-0.39, 0.29) is 0 Å². The summed E-state index contributed by atoms with van der Waals surface area (Å²) in [5.41, 5.74) is 2.25. The summed E-state index contributed by atoms with van der Waals surface area (Å²) in [7, 11) is 1.67. The van der Waals surface area contributed by atoms with Crippen LogP contribution < -0.4 is 4.74 Å². The van der Waals surface area contributed by atoms with E-state index in [0.29, 0.717) is 0 Å². The number of benzene rings is 1. The molecule has 0 N–H and O–H groups in total. The molecule has 0 spiro atoms. The van der Waals surface area contributed by atoms with E-state index in [2.05, 4.69) is 16.9 Å². The lowest BCUT2D eigenvalue weighted by atomic mass is 10.1. The summed E-state index contributed by atoms with van der Waals surface area (Å²) < 4.78 is 5.16. The minimum absolute atomic E-state index is 0.773. The Morgan fingerprint density at radius 3 is 2.14 bits per heavy atom. The molecule has 1 heterocycles. The van der Waals surface area contributed by atoms with Crippen LogP contribution in [0.1, 0.15) is 51.0 Å². The van der Waals surface area contributed by atoms with Gasteiger partial charge in [0.2, 0.25) is 0 Å². The number of methoxy groups -OCH3 is 1. The third-order valence-corrected chi connectivity index (χ3v) is 3.87. The third kappa shape index (κ3) is 5.14. The topological polar surface area (TPSA) is 35.0 Å². The van der Waals surface area contributed by atoms with Crippen molar-refractivity contribution < 1.29 is 4.74 Å². The molecule has 1 aromatic carbocycles. The van der Waals surface area contributed by atoms with Crippen molar-refractivity contribution in [3.8, 4) is 17.1 Å². The largest absolute Gasteiger partial charge is 0.497 e. The number of aromatic nitrogens is 2. The summed E-state index contributed by atoms with van der Waals surface area (Å²) in [5, 5.41) is 0. The molecule has 0 bridgehead atoms. The van der Waals surface area contributed by atoms with Crippen molar-refractivity contribution in [2.45, 2.75) is 51.9 Å². The molecule has 0 radical (unpaired) electrons. The van der Waals surface area contributed by atoms with Crippen molar-refractivity contribution in [3.63, 3.8) is 0 Å². The van der Waals surface area contributed by atoms with Crippen LogP contribution in [0.3, 0.4) is 0 Å². The van der Waals surface area contributed by atoms with E-state index in [1.807, 2.05) is 36.7 Å². The molecule has 0 aliphatic rings. The lowest BCUT2D eigenvalue weighted by Gasteiger charge is -2.04. The zero-order valence-corrected chi connectivity index (χ0v) is 13.7. The third-order valence-electron chi connectivity index (χ3n) is 3.87. The van der Waals surface area contributed by atoms with Gasteiger partial charge in [0.25, 0.3) is 0 Å². The fourth-order valence-corrected chi connectivity index (χ4v) is 2.48. The molecule has 3 heteroatoms. The molecule has 118 valence electrons. The molecular formula is C19H26N2O. The maximum Gasteiger partial charge on any atom is 0.159 e. The number of rotatable bonds is 9. The molecule has 0 aliphatic carbocycles. The molecule has 1 aromatic heterocycles. The Balaban J connectivity index is 1.82. The maximum absolute atomic E-state index is 5.16. The first-order valence-corrected chi connectivity index (χ1v) is 8.29. The molecule has 3 nitrogen and oxygen atoms in total. The smallest absolute Gasteiger partial charge is 0.159 e. The van der Waals surface area contributed by atoms with Crippen LogP contribution in [0.4, 0.5) is 0 Å². The molecule has 0 fully saturated rings. The van der Waals surface area contributed by atoms with Crippen LogP contribution in [0.2, 0.25) is 0 Å². The van der Waals surface area contributed by atoms with Gasteiger partial charge >= 0.3 is 0 Å². The Bertz CT molecular complexity index is 534. The molecule has 0 aliphatic heterocycles. The highest BCUT2D eigenvalue weighted by Gasteiger charge is 2.02. The first kappa shape index (κ1) is 16.5. The normalized spacial score (nSPS) is 10.6. The second-order valence-corrected chi connectivity index (χ2v) is 5.66. The molecule has 2 aromatic rings. The van der Waals surface area contributed by atoms with Crippen LogP contribution in [0, 0.1) is 0 Å². The lowest BCUT2D eigenvalue weighted by Crippen LogP contribution is -1.93. The highest BCUT2D eigenvalue weighted by Crippen LogP contribution is 2.19. The molecule has 0 saturated heterocycles. The van der Waals surface area contributed by atoms with Gasteiger partial charge in [-0.1, -0.05) is 39.0 Å². The Labute approximate surface area is 133 Å². The molecule has 0 saturated carbocycles. The van der Waals surface area contributed by atoms with E-state index < -0.39 is 0 Å². The average Bonchev–Trinajstić information content (AvgIpc) is 2.59. The number of nitrogens with zero attached hydrogens (tertiary/aromatic N) is 2. The minimum atomic E-state index is 0.773. The first-order chi connectivity index (χ1) is 10.8. The molecule has 0 atom stereocenters. The fourth-order valence-electron chi connectivity index (χ4n) is 2.48. The standard InChI is InChI=1S/C19H26N2O/c1-3-4-5-6-7-8-9-16-14-20-19(21-15-16)17-10-12-18(22-2)13-11-17/h10-15H,3-9H2,1-2H3. The monoisotopic (exact) mass is 298 g/mol. The average molecular weight is 298 g/mol. The van der Waals surface area contributed by atoms with Gasteiger partial charge < -0.3 is 4.74 Å². The minimum Gasteiger partial charge on any atom is -0.497 e. The zero-order chi connectivity index (χ0) is 15.6. The van der Waals surface area contributed by atoms with Crippen LogP contribution in [-0.2, 0) is 6.42 Å². The van der Waals surface area contributed by atoms with Crippen molar-refractivity contribution >= 4 is 0 Å². The van der Waals surface area contributed by atoms with Gasteiger partial charge in [0.05, 0.1) is 7.11 Å². The summed E-state index contributed by atoms with van der Waals surface area (Å²) in [6.45, 7) is 2.25. The van der Waals surface area contributed by atoms with E-state index >= 15 is 0 Å². The summed E-state index contributed by atoms with van der Waals surface area (Å²) in [6, 6.07) is 7.84. The van der Waals surface area contributed by atoms with Gasteiger partial charge in [-0.15, -0.1) is 0 Å². The Hall–Kier alpha value is -1.90. The molecule has 22 heavy (non-hydrogen) atoms. The van der Waals surface area contributed by atoms with Gasteiger partial charge in [0.15, 0.2) is 5.82 Å². The number of ether oxygens (including phenoxy) is 1. The maximum atomic E-state index is 5.16. The Kier molecular flexibility index (Phi) is 6.88. The predicted octanol–water partition coefficient (Wildman–Crippen LogP) is 5.06. The highest BCUT2D eigenvalue weighted by atomic mass is 16.5. The van der Waals surface area contributed by atoms with Crippen molar-refractivity contribution in [2.75, 3.05) is 7.11 Å². The fraction of sp³-hybridized carbons (Fsp3) is 0.474. The zero-order valence-electron chi connectivity index (χ0n) is 13.7. The first-order valence-electron chi connectivity index (χ1n) is 8.29. The van der Waals surface area contributed by atoms with E-state index in [0.717, 1.165) is 23.6 Å². The van der Waals surface area contributed by atoms with Crippen LogP contribution in [0.25, 0.3) is 11.4 Å². The van der Waals surface area contributed by atoms with Crippen LogP contribution >= 0.6 is 0 Å². The van der Waals surface area contributed by atoms with Crippen molar-refractivity contribution in [3.05, 3.63) is 42.2 Å². The van der Waals surface area contributed by atoms with E-state index in [1.54, 1.807) is 7.11 Å². The summed E-state index contributed by atoms with van der Waals surface area (Å²) in [4.78, 5) is 8.96. The molecule has 2 rings (SSSR count). The predicted molar refractivity (Wildman–Crippen MR) is 91.1 cm³/mol. The second kappa shape index (κ2) is 9.19. The van der Waals surface area contributed by atoms with Crippen LogP contribution in [0.15, 0.2) is 36.7 Å². The van der Waals surface area contributed by atoms with E-state index in [1.165, 1.54) is 44.1 Å². The van der Waals surface area contributed by atoms with Crippen molar-refractivity contribution in [1.29, 1.82) is 0 Å². The number of unbranched alkanes of at least 4 members (excludes halogenated alkanes) is 5. The quantitative estimate of drug-likeness (QED) is 0.607. The number of hydrogen-bond donors (Lipinski definition) is 0. The van der Waals surface area contributed by atoms with E-state index in [4.69, 9.17) is 4.74 Å². The molecule has 0 amide bonds. The molecule has 0 unspecified atom stereocenters. The summed E-state index contributed by atoms with van der Waals surface area (Å²) in [5.74, 6) is 1.62. The number of aryl methyl sites for hydroxylation is 1. The van der Waals surface area contributed by atoms with Crippen LogP contribution in [-0.4, -0.2) is 17.1 Å². The SMILES string of the molecule is CCCCCCCCc1cnc(-c2ccc(OC)cc2)nc1. The van der Waals surface area contributed by atoms with Gasteiger partial charge in [-0.25, -0.2) is 9.97 Å². The van der Waals surface area contributed by atoms with Gasteiger partial charge in [-0.3, -0.25) is 0 Å². The van der Waals surface area contributed by atoms with Gasteiger partial charge in [-0.05, 0) is 42.7 Å². The van der Waals surface area contributed by atoms with Gasteiger partial charge in [-0.2, -0.15) is 0 Å². The number of hydrogen-bond acceptors (Lipinski definition) is 3.